The maximum Gasteiger partial charge on any atom is 0.344 e. The number of fused-ring (bicyclic) bond motifs is 1. The fourth-order valence-electron chi connectivity index (χ4n) is 2.96. The molecule has 0 unspecified atom stereocenters. The molecule has 0 radical (unpaired) electrons. The molecule has 1 N–H and O–H groups in total. The van der Waals surface area contributed by atoms with E-state index >= 15 is 0 Å². The Morgan fingerprint density at radius 2 is 1.72 bits per heavy atom. The number of carbonyl (C=O) groups excluding carboxylic acids is 3. The number of hydrogen-bond donors (Lipinski definition) is 1. The molecular formula is C24H23NO7. The molecule has 32 heavy (non-hydrogen) atoms. The Morgan fingerprint density at radius 3 is 2.47 bits per heavy atom. The van der Waals surface area contributed by atoms with E-state index in [0.717, 1.165) is 23.8 Å². The van der Waals surface area contributed by atoms with Gasteiger partial charge in [-0.25, -0.2) is 9.59 Å². The fourth-order valence-corrected chi connectivity index (χ4v) is 2.96. The lowest BCUT2D eigenvalue weighted by atomic mass is 10.1. The lowest BCUT2D eigenvalue weighted by Crippen LogP contribution is -2.21. The van der Waals surface area contributed by atoms with Crippen LogP contribution in [0.3, 0.4) is 0 Å². The third-order valence-electron chi connectivity index (χ3n) is 4.61. The number of ketones is 1. The van der Waals surface area contributed by atoms with Crippen LogP contribution in [0.2, 0.25) is 0 Å². The van der Waals surface area contributed by atoms with Crippen LogP contribution in [0.1, 0.15) is 29.3 Å². The molecule has 0 saturated carbocycles. The number of rotatable bonds is 10. The first-order valence-corrected chi connectivity index (χ1v) is 10.1. The van der Waals surface area contributed by atoms with Gasteiger partial charge in [0.2, 0.25) is 5.91 Å². The van der Waals surface area contributed by atoms with Gasteiger partial charge in [-0.1, -0.05) is 24.3 Å². The molecule has 1 amide bonds. The number of amides is 1. The van der Waals surface area contributed by atoms with Gasteiger partial charge in [-0.05, 0) is 36.6 Å². The average molecular weight is 437 g/mol. The second-order valence-electron chi connectivity index (χ2n) is 7.11. The first-order chi connectivity index (χ1) is 15.4. The minimum Gasteiger partial charge on any atom is -0.482 e. The summed E-state index contributed by atoms with van der Waals surface area (Å²) in [6.45, 7) is 1.30. The van der Waals surface area contributed by atoms with Gasteiger partial charge in [-0.2, -0.15) is 0 Å². The zero-order valence-corrected chi connectivity index (χ0v) is 17.6. The molecule has 3 aromatic rings. The van der Waals surface area contributed by atoms with E-state index in [1.165, 1.54) is 19.1 Å². The number of hydrogen-bond acceptors (Lipinski definition) is 7. The highest BCUT2D eigenvalue weighted by atomic mass is 16.6. The summed E-state index contributed by atoms with van der Waals surface area (Å²) in [5, 5.41) is 3.46. The van der Waals surface area contributed by atoms with Crippen molar-refractivity contribution in [2.45, 2.75) is 19.8 Å². The van der Waals surface area contributed by atoms with Crippen LogP contribution >= 0.6 is 0 Å². The highest BCUT2D eigenvalue weighted by Gasteiger charge is 2.11. The summed E-state index contributed by atoms with van der Waals surface area (Å²) in [5.41, 5.74) is 1.35. The Hall–Kier alpha value is -3.94. The van der Waals surface area contributed by atoms with Crippen molar-refractivity contribution in [1.29, 1.82) is 0 Å². The van der Waals surface area contributed by atoms with Gasteiger partial charge >= 0.3 is 11.6 Å². The molecule has 2 aromatic carbocycles. The van der Waals surface area contributed by atoms with Crippen LogP contribution in [0.25, 0.3) is 11.0 Å². The van der Waals surface area contributed by atoms with E-state index in [4.69, 9.17) is 13.9 Å². The first kappa shape index (κ1) is 22.7. The van der Waals surface area contributed by atoms with Crippen molar-refractivity contribution in [2.24, 2.45) is 0 Å². The van der Waals surface area contributed by atoms with Crippen LogP contribution < -0.4 is 15.7 Å². The average Bonchev–Trinajstić information content (AvgIpc) is 2.78. The molecule has 0 atom stereocenters. The number of ether oxygens (including phenoxy) is 2. The molecule has 1 heterocycles. The van der Waals surface area contributed by atoms with Gasteiger partial charge in [0.05, 0.1) is 0 Å². The topological polar surface area (TPSA) is 112 Å². The molecule has 0 saturated heterocycles. The van der Waals surface area contributed by atoms with E-state index in [9.17, 15) is 19.2 Å². The predicted octanol–water partition coefficient (Wildman–Crippen LogP) is 2.67. The Morgan fingerprint density at radius 1 is 0.969 bits per heavy atom. The van der Waals surface area contributed by atoms with Gasteiger partial charge in [0.15, 0.2) is 19.0 Å². The lowest BCUT2D eigenvalue weighted by molar-refractivity contribution is -0.144. The van der Waals surface area contributed by atoms with Crippen molar-refractivity contribution in [3.05, 3.63) is 76.1 Å². The summed E-state index contributed by atoms with van der Waals surface area (Å²) in [4.78, 5) is 46.3. The number of esters is 1. The van der Waals surface area contributed by atoms with Crippen LogP contribution in [0.5, 0.6) is 5.75 Å². The second kappa shape index (κ2) is 10.9. The SMILES string of the molecule is CC(=O)NCCCc1ccc(C(=O)COC(=O)COc2ccc3ccc(=O)oc3c2)cc1. The van der Waals surface area contributed by atoms with Crippen LogP contribution in [0.15, 0.2) is 63.8 Å². The van der Waals surface area contributed by atoms with E-state index in [1.54, 1.807) is 30.3 Å². The predicted molar refractivity (Wildman–Crippen MR) is 117 cm³/mol. The zero-order valence-electron chi connectivity index (χ0n) is 17.6. The van der Waals surface area contributed by atoms with Crippen molar-refractivity contribution < 1.29 is 28.3 Å². The molecule has 0 aliphatic carbocycles. The highest BCUT2D eigenvalue weighted by molar-refractivity contribution is 5.98. The molecular weight excluding hydrogens is 414 g/mol. The maximum absolute atomic E-state index is 12.2. The third kappa shape index (κ3) is 6.80. The van der Waals surface area contributed by atoms with E-state index in [-0.39, 0.29) is 18.3 Å². The smallest absolute Gasteiger partial charge is 0.344 e. The Balaban J connectivity index is 1.42. The molecule has 0 aliphatic rings. The molecule has 8 heteroatoms. The second-order valence-corrected chi connectivity index (χ2v) is 7.11. The van der Waals surface area contributed by atoms with E-state index in [0.29, 0.717) is 23.4 Å². The fraction of sp³-hybridized carbons (Fsp3) is 0.250. The van der Waals surface area contributed by atoms with Gasteiger partial charge in [0, 0.05) is 36.6 Å². The molecule has 0 fully saturated rings. The van der Waals surface area contributed by atoms with Gasteiger partial charge in [0.25, 0.3) is 0 Å². The van der Waals surface area contributed by atoms with Gasteiger partial charge in [-0.3, -0.25) is 9.59 Å². The molecule has 0 aliphatic heterocycles. The number of carbonyl (C=O) groups is 3. The van der Waals surface area contributed by atoms with E-state index in [1.807, 2.05) is 12.1 Å². The third-order valence-corrected chi connectivity index (χ3v) is 4.61. The monoisotopic (exact) mass is 437 g/mol. The quantitative estimate of drug-likeness (QED) is 0.225. The number of aryl methyl sites for hydroxylation is 1. The standard InChI is InChI=1S/C24H23NO7/c1-16(26)25-12-2-3-17-4-6-18(7-5-17)21(27)14-31-24(29)15-30-20-10-8-19-9-11-23(28)32-22(19)13-20/h4-11,13H,2-3,12,14-15H2,1H3,(H,25,26). The summed E-state index contributed by atoms with van der Waals surface area (Å²) in [5.74, 6) is -0.737. The minimum atomic E-state index is -0.692. The molecule has 8 nitrogen and oxygen atoms in total. The molecule has 3 rings (SSSR count). The maximum atomic E-state index is 12.2. The van der Waals surface area contributed by atoms with Crippen molar-refractivity contribution >= 4 is 28.6 Å². The van der Waals surface area contributed by atoms with E-state index in [2.05, 4.69) is 5.32 Å². The van der Waals surface area contributed by atoms with Crippen molar-refractivity contribution in [3.8, 4) is 5.75 Å². The van der Waals surface area contributed by atoms with Crippen LogP contribution in [0, 0.1) is 0 Å². The zero-order chi connectivity index (χ0) is 22.9. The summed E-state index contributed by atoms with van der Waals surface area (Å²) < 4.78 is 15.4. The minimum absolute atomic E-state index is 0.0588. The Labute approximate surface area is 184 Å². The van der Waals surface area contributed by atoms with Crippen LogP contribution in [0.4, 0.5) is 0 Å². The number of Topliss-reactive ketones (excluding diaryl/α,β-unsaturated/α-hetero) is 1. The van der Waals surface area contributed by atoms with Gasteiger partial charge in [0.1, 0.15) is 11.3 Å². The van der Waals surface area contributed by atoms with Gasteiger partial charge in [-0.15, -0.1) is 0 Å². The largest absolute Gasteiger partial charge is 0.482 e. The normalized spacial score (nSPS) is 10.5. The summed E-state index contributed by atoms with van der Waals surface area (Å²) in [6, 6.07) is 14.8. The highest BCUT2D eigenvalue weighted by Crippen LogP contribution is 2.19. The molecule has 166 valence electrons. The summed E-state index contributed by atoms with van der Waals surface area (Å²) in [6.07, 6.45) is 1.58. The summed E-state index contributed by atoms with van der Waals surface area (Å²) in [7, 11) is 0. The first-order valence-electron chi connectivity index (χ1n) is 10.1. The molecule has 0 bridgehead atoms. The lowest BCUT2D eigenvalue weighted by Gasteiger charge is -2.08. The van der Waals surface area contributed by atoms with Gasteiger partial charge < -0.3 is 19.2 Å². The van der Waals surface area contributed by atoms with E-state index < -0.39 is 18.2 Å². The number of benzene rings is 2. The molecule has 1 aromatic heterocycles. The van der Waals surface area contributed by atoms with Crippen LogP contribution in [-0.2, 0) is 20.7 Å². The Bertz CT molecular complexity index is 1160. The summed E-state index contributed by atoms with van der Waals surface area (Å²) >= 11 is 0. The molecule has 0 spiro atoms. The van der Waals surface area contributed by atoms with Crippen molar-refractivity contribution in [2.75, 3.05) is 19.8 Å². The van der Waals surface area contributed by atoms with Crippen molar-refractivity contribution in [3.63, 3.8) is 0 Å². The van der Waals surface area contributed by atoms with Crippen molar-refractivity contribution in [1.82, 2.24) is 5.32 Å². The van der Waals surface area contributed by atoms with Crippen LogP contribution in [-0.4, -0.2) is 37.4 Å². The number of nitrogens with one attached hydrogen (secondary N) is 1. The Kier molecular flexibility index (Phi) is 7.75.